The van der Waals surface area contributed by atoms with Gasteiger partial charge in [-0.3, -0.25) is 0 Å². The minimum atomic E-state index is 0.184. The number of hydrogen-bond donors (Lipinski definition) is 1. The molecule has 2 heterocycles. The van der Waals surface area contributed by atoms with Crippen molar-refractivity contribution in [3.63, 3.8) is 0 Å². The highest BCUT2D eigenvalue weighted by Gasteiger charge is 2.19. The summed E-state index contributed by atoms with van der Waals surface area (Å²) in [6.45, 7) is 5.35. The highest BCUT2D eigenvalue weighted by molar-refractivity contribution is 5.31. The molecule has 15 heavy (non-hydrogen) atoms. The lowest BCUT2D eigenvalue weighted by Crippen LogP contribution is -2.42. The zero-order valence-corrected chi connectivity index (χ0v) is 9.18. The van der Waals surface area contributed by atoms with Gasteiger partial charge in [-0.2, -0.15) is 0 Å². The maximum absolute atomic E-state index is 5.65. The van der Waals surface area contributed by atoms with Crippen LogP contribution in [0.3, 0.4) is 0 Å². The lowest BCUT2D eigenvalue weighted by Gasteiger charge is -2.29. The van der Waals surface area contributed by atoms with E-state index < -0.39 is 0 Å². The van der Waals surface area contributed by atoms with Gasteiger partial charge in [0.2, 0.25) is 0 Å². The van der Waals surface area contributed by atoms with Crippen LogP contribution in [-0.2, 0) is 11.3 Å². The lowest BCUT2D eigenvalue weighted by molar-refractivity contribution is -0.0295. The first kappa shape index (κ1) is 10.4. The first-order valence-electron chi connectivity index (χ1n) is 5.12. The predicted octanol–water partition coefficient (Wildman–Crippen LogP) is -0.501. The molecule has 0 spiro atoms. The Kier molecular flexibility index (Phi) is 2.88. The number of nitrogen functional groups attached to an aromatic ring is 1. The van der Waals surface area contributed by atoms with Crippen LogP contribution in [0.5, 0.6) is 0 Å². The van der Waals surface area contributed by atoms with Crippen LogP contribution >= 0.6 is 0 Å². The van der Waals surface area contributed by atoms with Gasteiger partial charge in [-0.15, -0.1) is 5.10 Å². The van der Waals surface area contributed by atoms with Gasteiger partial charge in [0.1, 0.15) is 0 Å². The number of nitrogens with two attached hydrogens (primary N) is 1. The monoisotopic (exact) mass is 211 g/mol. The first-order valence-corrected chi connectivity index (χ1v) is 5.12. The van der Waals surface area contributed by atoms with Crippen molar-refractivity contribution in [2.75, 3.05) is 32.5 Å². The Morgan fingerprint density at radius 3 is 3.00 bits per heavy atom. The molecule has 1 aromatic rings. The van der Waals surface area contributed by atoms with Crippen LogP contribution in [0.25, 0.3) is 0 Å². The molecule has 1 aromatic heterocycles. The van der Waals surface area contributed by atoms with Gasteiger partial charge in [0.05, 0.1) is 24.9 Å². The number of aromatic nitrogens is 3. The summed E-state index contributed by atoms with van der Waals surface area (Å²) in [6, 6.07) is 0. The number of nitrogens with zero attached hydrogens (tertiary/aromatic N) is 4. The SMILES string of the molecule is Cc1c(N)nnn1CC1CN(C)CCO1. The van der Waals surface area contributed by atoms with E-state index in [0.29, 0.717) is 5.82 Å². The van der Waals surface area contributed by atoms with E-state index in [4.69, 9.17) is 10.5 Å². The predicted molar refractivity (Wildman–Crippen MR) is 56.4 cm³/mol. The molecule has 0 bridgehead atoms. The van der Waals surface area contributed by atoms with E-state index >= 15 is 0 Å². The third-order valence-electron chi connectivity index (χ3n) is 2.74. The molecule has 0 aromatic carbocycles. The molecule has 84 valence electrons. The van der Waals surface area contributed by atoms with Gasteiger partial charge in [0.25, 0.3) is 0 Å². The lowest BCUT2D eigenvalue weighted by atomic mass is 10.3. The van der Waals surface area contributed by atoms with E-state index in [1.807, 2.05) is 6.92 Å². The van der Waals surface area contributed by atoms with Gasteiger partial charge >= 0.3 is 0 Å². The van der Waals surface area contributed by atoms with Crippen molar-refractivity contribution in [2.24, 2.45) is 0 Å². The third-order valence-corrected chi connectivity index (χ3v) is 2.74. The standard InChI is InChI=1S/C9H17N5O/c1-7-9(10)11-12-14(7)6-8-5-13(2)3-4-15-8/h8H,3-6,10H2,1-2H3. The molecule has 1 aliphatic rings. The van der Waals surface area contributed by atoms with E-state index in [2.05, 4.69) is 22.3 Å². The number of anilines is 1. The Hall–Kier alpha value is -1.14. The molecule has 0 saturated carbocycles. The van der Waals surface area contributed by atoms with Crippen LogP contribution in [0.2, 0.25) is 0 Å². The van der Waals surface area contributed by atoms with Gasteiger partial charge in [0.15, 0.2) is 5.82 Å². The zero-order chi connectivity index (χ0) is 10.8. The minimum absolute atomic E-state index is 0.184. The molecule has 1 saturated heterocycles. The Labute approximate surface area is 89.0 Å². The van der Waals surface area contributed by atoms with Crippen LogP contribution in [-0.4, -0.2) is 52.7 Å². The second-order valence-corrected chi connectivity index (χ2v) is 4.00. The maximum atomic E-state index is 5.65. The topological polar surface area (TPSA) is 69.2 Å². The van der Waals surface area contributed by atoms with Gasteiger partial charge in [-0.25, -0.2) is 4.68 Å². The Morgan fingerprint density at radius 2 is 2.40 bits per heavy atom. The van der Waals surface area contributed by atoms with Crippen LogP contribution < -0.4 is 5.73 Å². The van der Waals surface area contributed by atoms with Crippen LogP contribution in [0.15, 0.2) is 0 Å². The highest BCUT2D eigenvalue weighted by Crippen LogP contribution is 2.09. The van der Waals surface area contributed by atoms with Crippen LogP contribution in [0.1, 0.15) is 5.69 Å². The average molecular weight is 211 g/mol. The molecule has 2 rings (SSSR count). The van der Waals surface area contributed by atoms with Gasteiger partial charge in [-0.1, -0.05) is 5.21 Å². The fraction of sp³-hybridized carbons (Fsp3) is 0.778. The smallest absolute Gasteiger partial charge is 0.168 e. The number of hydrogen-bond acceptors (Lipinski definition) is 5. The largest absolute Gasteiger partial charge is 0.381 e. The molecule has 0 amide bonds. The molecule has 6 heteroatoms. The summed E-state index contributed by atoms with van der Waals surface area (Å²) in [5, 5.41) is 7.80. The molecule has 2 N–H and O–H groups in total. The quantitative estimate of drug-likeness (QED) is 0.714. The number of ether oxygens (including phenoxy) is 1. The van der Waals surface area contributed by atoms with Crippen LogP contribution in [0, 0.1) is 6.92 Å². The molecule has 6 nitrogen and oxygen atoms in total. The fourth-order valence-electron chi connectivity index (χ4n) is 1.72. The number of morpholine rings is 1. The summed E-state index contributed by atoms with van der Waals surface area (Å²) in [6.07, 6.45) is 0.184. The van der Waals surface area contributed by atoms with Crippen molar-refractivity contribution in [1.29, 1.82) is 0 Å². The van der Waals surface area contributed by atoms with E-state index in [9.17, 15) is 0 Å². The van der Waals surface area contributed by atoms with Crippen molar-refractivity contribution < 1.29 is 4.74 Å². The van der Waals surface area contributed by atoms with E-state index in [1.54, 1.807) is 4.68 Å². The van der Waals surface area contributed by atoms with E-state index in [-0.39, 0.29) is 6.10 Å². The molecule has 1 fully saturated rings. The summed E-state index contributed by atoms with van der Waals surface area (Å²) < 4.78 is 7.45. The summed E-state index contributed by atoms with van der Waals surface area (Å²) in [5.74, 6) is 0.499. The molecule has 1 aliphatic heterocycles. The Bertz CT molecular complexity index is 337. The van der Waals surface area contributed by atoms with Crippen molar-refractivity contribution in [2.45, 2.75) is 19.6 Å². The van der Waals surface area contributed by atoms with Gasteiger partial charge < -0.3 is 15.4 Å². The van der Waals surface area contributed by atoms with Crippen molar-refractivity contribution >= 4 is 5.82 Å². The molecule has 1 unspecified atom stereocenters. The second kappa shape index (κ2) is 4.16. The Balaban J connectivity index is 1.99. The third kappa shape index (κ3) is 2.27. The number of rotatable bonds is 2. The average Bonchev–Trinajstić information content (AvgIpc) is 2.50. The summed E-state index contributed by atoms with van der Waals surface area (Å²) in [7, 11) is 2.10. The van der Waals surface area contributed by atoms with Crippen molar-refractivity contribution in [3.05, 3.63) is 5.69 Å². The molecule has 0 aliphatic carbocycles. The zero-order valence-electron chi connectivity index (χ0n) is 9.18. The molecular weight excluding hydrogens is 194 g/mol. The minimum Gasteiger partial charge on any atom is -0.381 e. The highest BCUT2D eigenvalue weighted by atomic mass is 16.5. The van der Waals surface area contributed by atoms with Crippen molar-refractivity contribution in [3.8, 4) is 0 Å². The van der Waals surface area contributed by atoms with E-state index in [1.165, 1.54) is 0 Å². The van der Waals surface area contributed by atoms with Gasteiger partial charge in [0, 0.05) is 13.1 Å². The Morgan fingerprint density at radius 1 is 1.60 bits per heavy atom. The van der Waals surface area contributed by atoms with E-state index in [0.717, 1.165) is 31.9 Å². The molecule has 1 atom stereocenters. The van der Waals surface area contributed by atoms with Gasteiger partial charge in [-0.05, 0) is 14.0 Å². The van der Waals surface area contributed by atoms with Crippen molar-refractivity contribution in [1.82, 2.24) is 19.9 Å². The van der Waals surface area contributed by atoms with Crippen LogP contribution in [0.4, 0.5) is 5.82 Å². The maximum Gasteiger partial charge on any atom is 0.168 e. The summed E-state index contributed by atoms with van der Waals surface area (Å²) >= 11 is 0. The first-order chi connectivity index (χ1) is 7.16. The summed E-state index contributed by atoms with van der Waals surface area (Å²) in [5.41, 5.74) is 6.54. The second-order valence-electron chi connectivity index (χ2n) is 4.00. The normalized spacial score (nSPS) is 23.2. The summed E-state index contributed by atoms with van der Waals surface area (Å²) in [4.78, 5) is 2.25. The molecular formula is C9H17N5O. The molecule has 0 radical (unpaired) electrons. The number of likely N-dealkylation sites (N-methyl/N-ethyl adjacent to an activating group) is 1. The fourth-order valence-corrected chi connectivity index (χ4v) is 1.72.